The Kier molecular flexibility index (Phi) is 3.91. The van der Waals surface area contributed by atoms with E-state index in [2.05, 4.69) is 10.2 Å². The van der Waals surface area contributed by atoms with Gasteiger partial charge in [-0.2, -0.15) is 5.10 Å². The van der Waals surface area contributed by atoms with Crippen LogP contribution in [0.4, 0.5) is 5.69 Å². The van der Waals surface area contributed by atoms with Crippen LogP contribution in [0.2, 0.25) is 0 Å². The van der Waals surface area contributed by atoms with E-state index in [1.807, 2.05) is 71.3 Å². The molecule has 0 fully saturated rings. The van der Waals surface area contributed by atoms with Gasteiger partial charge in [0.05, 0.1) is 21.7 Å². The first-order chi connectivity index (χ1) is 14.2. The maximum Gasteiger partial charge on any atom is 0.270 e. The Morgan fingerprint density at radius 3 is 2.45 bits per heavy atom. The highest BCUT2D eigenvalue weighted by Gasteiger charge is 2.18. The van der Waals surface area contributed by atoms with Gasteiger partial charge in [-0.25, -0.2) is 4.98 Å². The highest BCUT2D eigenvalue weighted by molar-refractivity contribution is 5.83. The second-order valence-electron chi connectivity index (χ2n) is 6.57. The topological polar surface area (TPSA) is 89.6 Å². The number of H-pyrrole nitrogens is 1. The SMILES string of the molecule is O=[N+]([O-])c1cccc(-c2nc3ccccc3n2-c2cc(-c3ccccc3)[nH]n2)c1. The molecule has 0 aliphatic rings. The van der Waals surface area contributed by atoms with Crippen molar-refractivity contribution >= 4 is 16.7 Å². The van der Waals surface area contributed by atoms with Gasteiger partial charge in [-0.05, 0) is 17.7 Å². The molecule has 2 aromatic heterocycles. The van der Waals surface area contributed by atoms with Crippen LogP contribution in [0.1, 0.15) is 0 Å². The zero-order valence-corrected chi connectivity index (χ0v) is 15.2. The van der Waals surface area contributed by atoms with Crippen molar-refractivity contribution in [2.24, 2.45) is 0 Å². The summed E-state index contributed by atoms with van der Waals surface area (Å²) in [7, 11) is 0. The lowest BCUT2D eigenvalue weighted by Gasteiger charge is -2.06. The quantitative estimate of drug-likeness (QED) is 0.351. The van der Waals surface area contributed by atoms with Crippen molar-refractivity contribution in [3.05, 3.63) is 95.0 Å². The van der Waals surface area contributed by atoms with Crippen LogP contribution in [0.5, 0.6) is 0 Å². The summed E-state index contributed by atoms with van der Waals surface area (Å²) in [5, 5.41) is 18.8. The second-order valence-corrected chi connectivity index (χ2v) is 6.57. The van der Waals surface area contributed by atoms with E-state index >= 15 is 0 Å². The Balaban J connectivity index is 1.72. The van der Waals surface area contributed by atoms with E-state index in [-0.39, 0.29) is 5.69 Å². The standard InChI is InChI=1S/C22H15N5O2/c28-27(29)17-10-6-9-16(13-17)22-23-18-11-4-5-12-20(18)26(22)21-14-19(24-25-21)15-7-2-1-3-8-15/h1-14H,(H,24,25). The van der Waals surface area contributed by atoms with Crippen molar-refractivity contribution in [1.82, 2.24) is 19.7 Å². The lowest BCUT2D eigenvalue weighted by atomic mass is 10.1. The van der Waals surface area contributed by atoms with Crippen molar-refractivity contribution in [3.63, 3.8) is 0 Å². The van der Waals surface area contributed by atoms with Gasteiger partial charge in [0.15, 0.2) is 5.82 Å². The van der Waals surface area contributed by atoms with Gasteiger partial charge in [-0.3, -0.25) is 19.8 Å². The second kappa shape index (κ2) is 6.72. The number of nitrogens with zero attached hydrogens (tertiary/aromatic N) is 4. The number of hydrogen-bond acceptors (Lipinski definition) is 4. The molecule has 0 saturated heterocycles. The predicted octanol–water partition coefficient (Wildman–Crippen LogP) is 4.99. The summed E-state index contributed by atoms with van der Waals surface area (Å²) in [6, 6.07) is 26.1. The van der Waals surface area contributed by atoms with Crippen LogP contribution in [0.25, 0.3) is 39.5 Å². The Morgan fingerprint density at radius 1 is 0.862 bits per heavy atom. The van der Waals surface area contributed by atoms with Gasteiger partial charge < -0.3 is 0 Å². The van der Waals surface area contributed by atoms with Gasteiger partial charge >= 0.3 is 0 Å². The number of nitrogens with one attached hydrogen (secondary N) is 1. The van der Waals surface area contributed by atoms with Gasteiger partial charge in [0.1, 0.15) is 5.82 Å². The number of para-hydroxylation sites is 2. The average Bonchev–Trinajstić information content (AvgIpc) is 3.39. The maximum absolute atomic E-state index is 11.2. The molecule has 5 rings (SSSR count). The first-order valence-electron chi connectivity index (χ1n) is 9.04. The van der Waals surface area contributed by atoms with Crippen molar-refractivity contribution in [3.8, 4) is 28.5 Å². The van der Waals surface area contributed by atoms with Gasteiger partial charge in [0.25, 0.3) is 5.69 Å². The Hall–Kier alpha value is -4.26. The number of imidazole rings is 1. The summed E-state index contributed by atoms with van der Waals surface area (Å²) < 4.78 is 1.91. The van der Waals surface area contributed by atoms with E-state index in [9.17, 15) is 10.1 Å². The molecule has 2 heterocycles. The number of fused-ring (bicyclic) bond motifs is 1. The predicted molar refractivity (Wildman–Crippen MR) is 111 cm³/mol. The van der Waals surface area contributed by atoms with Crippen molar-refractivity contribution in [2.75, 3.05) is 0 Å². The number of rotatable bonds is 4. The molecule has 7 nitrogen and oxygen atoms in total. The van der Waals surface area contributed by atoms with Crippen molar-refractivity contribution < 1.29 is 4.92 Å². The van der Waals surface area contributed by atoms with Crippen LogP contribution in [0.3, 0.4) is 0 Å². The number of nitro groups is 1. The lowest BCUT2D eigenvalue weighted by molar-refractivity contribution is -0.384. The minimum atomic E-state index is -0.404. The third-order valence-corrected chi connectivity index (χ3v) is 4.75. The number of hydrogen-bond donors (Lipinski definition) is 1. The fourth-order valence-electron chi connectivity index (χ4n) is 3.40. The summed E-state index contributed by atoms with van der Waals surface area (Å²) in [6.45, 7) is 0. The Morgan fingerprint density at radius 2 is 1.62 bits per heavy atom. The molecule has 0 unspecified atom stereocenters. The van der Waals surface area contributed by atoms with Crippen molar-refractivity contribution in [1.29, 1.82) is 0 Å². The summed E-state index contributed by atoms with van der Waals surface area (Å²) in [5.74, 6) is 1.26. The molecular weight excluding hydrogens is 366 g/mol. The lowest BCUT2D eigenvalue weighted by Crippen LogP contribution is -1.98. The first kappa shape index (κ1) is 16.9. The van der Waals surface area contributed by atoms with Gasteiger partial charge in [0.2, 0.25) is 0 Å². The summed E-state index contributed by atoms with van der Waals surface area (Å²) in [5.41, 5.74) is 4.24. The van der Waals surface area contributed by atoms with Crippen LogP contribution in [0, 0.1) is 10.1 Å². The number of benzene rings is 3. The molecule has 0 aliphatic carbocycles. The van der Waals surface area contributed by atoms with E-state index in [0.29, 0.717) is 17.2 Å². The maximum atomic E-state index is 11.2. The smallest absolute Gasteiger partial charge is 0.270 e. The molecule has 7 heteroatoms. The van der Waals surface area contributed by atoms with Gasteiger partial charge in [0, 0.05) is 23.8 Å². The van der Waals surface area contributed by atoms with E-state index in [4.69, 9.17) is 4.98 Å². The fraction of sp³-hybridized carbons (Fsp3) is 0. The molecule has 0 spiro atoms. The molecule has 1 N–H and O–H groups in total. The summed E-state index contributed by atoms with van der Waals surface area (Å²) in [4.78, 5) is 15.6. The molecule has 0 saturated carbocycles. The molecule has 0 amide bonds. The van der Waals surface area contributed by atoms with E-state index in [0.717, 1.165) is 22.3 Å². The van der Waals surface area contributed by atoms with Crippen LogP contribution in [-0.4, -0.2) is 24.7 Å². The third-order valence-electron chi connectivity index (χ3n) is 4.75. The largest absolute Gasteiger partial charge is 0.276 e. The molecule has 0 bridgehead atoms. The minimum absolute atomic E-state index is 0.0214. The molecule has 0 aliphatic heterocycles. The van der Waals surface area contributed by atoms with Crippen LogP contribution in [-0.2, 0) is 0 Å². The van der Waals surface area contributed by atoms with Gasteiger partial charge in [-0.1, -0.05) is 54.6 Å². The number of aromatic amines is 1. The summed E-state index contributed by atoms with van der Waals surface area (Å²) >= 11 is 0. The van der Waals surface area contributed by atoms with Gasteiger partial charge in [-0.15, -0.1) is 0 Å². The van der Waals surface area contributed by atoms with Crippen LogP contribution >= 0.6 is 0 Å². The molecule has 0 atom stereocenters. The van der Waals surface area contributed by atoms with Crippen molar-refractivity contribution in [2.45, 2.75) is 0 Å². The number of non-ortho nitro benzene ring substituents is 1. The fourth-order valence-corrected chi connectivity index (χ4v) is 3.40. The van der Waals surface area contributed by atoms with Crippen LogP contribution < -0.4 is 0 Å². The molecule has 29 heavy (non-hydrogen) atoms. The Bertz CT molecular complexity index is 1340. The van der Waals surface area contributed by atoms with E-state index in [1.54, 1.807) is 6.07 Å². The minimum Gasteiger partial charge on any atom is -0.276 e. The molecule has 140 valence electrons. The third kappa shape index (κ3) is 2.94. The number of nitro benzene ring substituents is 1. The van der Waals surface area contributed by atoms with Crippen LogP contribution in [0.15, 0.2) is 84.9 Å². The highest BCUT2D eigenvalue weighted by Crippen LogP contribution is 2.31. The molecule has 5 aromatic rings. The normalized spacial score (nSPS) is 11.0. The Labute approximate surface area is 165 Å². The highest BCUT2D eigenvalue weighted by atomic mass is 16.6. The first-order valence-corrected chi connectivity index (χ1v) is 9.04. The number of aromatic nitrogens is 4. The van der Waals surface area contributed by atoms with E-state index < -0.39 is 4.92 Å². The zero-order chi connectivity index (χ0) is 19.8. The zero-order valence-electron chi connectivity index (χ0n) is 15.2. The van der Waals surface area contributed by atoms with E-state index in [1.165, 1.54) is 12.1 Å². The molecule has 0 radical (unpaired) electrons. The molecular formula is C22H15N5O2. The molecule has 3 aromatic carbocycles. The monoisotopic (exact) mass is 381 g/mol. The summed E-state index contributed by atoms with van der Waals surface area (Å²) in [6.07, 6.45) is 0. The average molecular weight is 381 g/mol.